The molecule has 67 heavy (non-hydrogen) atoms. The van der Waals surface area contributed by atoms with Crippen molar-refractivity contribution in [3.8, 4) is 5.75 Å². The lowest BCUT2D eigenvalue weighted by Crippen LogP contribution is -2.53. The van der Waals surface area contributed by atoms with E-state index in [9.17, 15) is 14.4 Å². The Morgan fingerprint density at radius 3 is 2.46 bits per heavy atom. The van der Waals surface area contributed by atoms with E-state index < -0.39 is 11.9 Å². The molecular formula is C48H58BrN13O4S. The Morgan fingerprint density at radius 1 is 0.940 bits per heavy atom. The van der Waals surface area contributed by atoms with Crippen LogP contribution in [0.5, 0.6) is 5.75 Å². The maximum Gasteiger partial charge on any atom is 0.329 e. The molecular weight excluding hydrogens is 935 g/mol. The Morgan fingerprint density at radius 2 is 1.73 bits per heavy atom. The van der Waals surface area contributed by atoms with Gasteiger partial charge in [-0.2, -0.15) is 4.98 Å². The number of rotatable bonds is 15. The van der Waals surface area contributed by atoms with Gasteiger partial charge in [-0.05, 0) is 89.8 Å². The van der Waals surface area contributed by atoms with E-state index >= 15 is 0 Å². The van der Waals surface area contributed by atoms with Crippen molar-refractivity contribution in [2.24, 2.45) is 0 Å². The van der Waals surface area contributed by atoms with E-state index in [4.69, 9.17) is 9.72 Å². The van der Waals surface area contributed by atoms with Crippen LogP contribution in [0.15, 0.2) is 70.3 Å². The Labute approximate surface area is 402 Å². The number of carbonyl (C=O) groups excluding carboxylic acids is 2. The van der Waals surface area contributed by atoms with Gasteiger partial charge in [0.2, 0.25) is 17.8 Å². The summed E-state index contributed by atoms with van der Waals surface area (Å²) in [6.45, 7) is 13.8. The van der Waals surface area contributed by atoms with Crippen LogP contribution in [0.4, 0.5) is 34.5 Å². The number of aromatic nitrogens is 6. The van der Waals surface area contributed by atoms with E-state index in [0.29, 0.717) is 35.2 Å². The molecule has 3 aromatic heterocycles. The second-order valence-corrected chi connectivity index (χ2v) is 19.1. The predicted octanol–water partition coefficient (Wildman–Crippen LogP) is 7.43. The van der Waals surface area contributed by atoms with Crippen molar-refractivity contribution in [2.75, 3.05) is 79.4 Å². The quantitative estimate of drug-likeness (QED) is 0.0589. The fourth-order valence-electron chi connectivity index (χ4n) is 9.94. The fourth-order valence-corrected chi connectivity index (χ4v) is 10.6. The maximum atomic E-state index is 13.7. The molecule has 0 saturated carbocycles. The number of fused-ring (bicyclic) bond motifs is 2. The Bertz CT molecular complexity index is 2860. The number of imidazole rings is 1. The van der Waals surface area contributed by atoms with Gasteiger partial charge in [-0.15, -0.1) is 0 Å². The standard InChI is InChI=1S/C48H58BrN13O4S/c1-6-61-44-30(8-7-9-37(44)62(48(61)65)38-12-13-41(63)55-46(38)64)14-19-58-22-24-59(25-23-58)31-15-20-60(21-16-31)39-27-40(66-4)36(26-32(39)29(2)3)54-47-52-28-33(49)45(56-47)53-35-11-10-34-42(43(35)57-67-5)51-18-17-50-34/h7-11,17-18,26-29,31,38,57H,6,12-16,19-25H2,1-5H3,(H,55,63,64)(H2,52,53,54,56). The van der Waals surface area contributed by atoms with Crippen LogP contribution in [-0.2, 0) is 22.6 Å². The number of para-hydroxylation sites is 1. The molecule has 0 bridgehead atoms. The van der Waals surface area contributed by atoms with Crippen LogP contribution >= 0.6 is 27.9 Å². The lowest BCUT2D eigenvalue weighted by Gasteiger charge is -2.43. The number of piperidine rings is 2. The van der Waals surface area contributed by atoms with Crippen LogP contribution in [0.2, 0.25) is 0 Å². The molecule has 3 aliphatic heterocycles. The highest BCUT2D eigenvalue weighted by Gasteiger charge is 2.33. The number of ether oxygens (including phenoxy) is 1. The molecule has 3 saturated heterocycles. The number of hydrogen-bond donors (Lipinski definition) is 4. The number of aryl methyl sites for hydroxylation is 1. The average Bonchev–Trinajstić information content (AvgIpc) is 3.63. The molecule has 0 aliphatic carbocycles. The minimum Gasteiger partial charge on any atom is -0.494 e. The van der Waals surface area contributed by atoms with Gasteiger partial charge in [0, 0.05) is 101 Å². The molecule has 6 heterocycles. The Hall–Kier alpha value is -5.76. The first-order chi connectivity index (χ1) is 32.5. The molecule has 6 aromatic rings. The summed E-state index contributed by atoms with van der Waals surface area (Å²) in [6.07, 6.45) is 10.6. The zero-order valence-electron chi connectivity index (χ0n) is 38.6. The average molecular weight is 993 g/mol. The number of amides is 2. The predicted molar refractivity (Wildman–Crippen MR) is 270 cm³/mol. The molecule has 0 spiro atoms. The summed E-state index contributed by atoms with van der Waals surface area (Å²) in [5, 5.41) is 9.35. The van der Waals surface area contributed by atoms with Crippen LogP contribution < -0.4 is 36.0 Å². The molecule has 0 radical (unpaired) electrons. The van der Waals surface area contributed by atoms with Gasteiger partial charge in [0.25, 0.3) is 0 Å². The van der Waals surface area contributed by atoms with Crippen LogP contribution in [0.25, 0.3) is 22.1 Å². The van der Waals surface area contributed by atoms with Crippen molar-refractivity contribution in [3.05, 3.63) is 87.1 Å². The summed E-state index contributed by atoms with van der Waals surface area (Å²) in [5.41, 5.74) is 8.95. The molecule has 2 amide bonds. The molecule has 352 valence electrons. The van der Waals surface area contributed by atoms with E-state index in [2.05, 4.69) is 98.3 Å². The van der Waals surface area contributed by atoms with E-state index in [-0.39, 0.29) is 23.9 Å². The number of methoxy groups -OCH3 is 1. The van der Waals surface area contributed by atoms with Gasteiger partial charge in [0.1, 0.15) is 23.1 Å². The normalized spacial score (nSPS) is 17.7. The van der Waals surface area contributed by atoms with Crippen LogP contribution in [0.3, 0.4) is 0 Å². The molecule has 1 unspecified atom stereocenters. The number of halogens is 1. The van der Waals surface area contributed by atoms with Crippen LogP contribution in [0, 0.1) is 0 Å². The third-order valence-electron chi connectivity index (χ3n) is 13.4. The fraction of sp³-hybridized carbons (Fsp3) is 0.438. The zero-order valence-corrected chi connectivity index (χ0v) is 41.0. The van der Waals surface area contributed by atoms with Gasteiger partial charge >= 0.3 is 5.69 Å². The molecule has 9 rings (SSSR count). The molecule has 3 fully saturated rings. The van der Waals surface area contributed by atoms with E-state index in [0.717, 1.165) is 116 Å². The number of carbonyl (C=O) groups is 2. The highest BCUT2D eigenvalue weighted by Crippen LogP contribution is 2.41. The van der Waals surface area contributed by atoms with Gasteiger partial charge in [-0.25, -0.2) is 9.78 Å². The number of nitrogens with one attached hydrogen (secondary N) is 4. The second-order valence-electron chi connectivity index (χ2n) is 17.6. The van der Waals surface area contributed by atoms with Gasteiger partial charge in [-0.1, -0.05) is 37.9 Å². The van der Waals surface area contributed by atoms with E-state index in [1.54, 1.807) is 34.8 Å². The monoisotopic (exact) mass is 991 g/mol. The van der Waals surface area contributed by atoms with Gasteiger partial charge < -0.3 is 29.9 Å². The maximum absolute atomic E-state index is 13.7. The smallest absolute Gasteiger partial charge is 0.329 e. The van der Waals surface area contributed by atoms with Gasteiger partial charge in [0.05, 0.1) is 45.2 Å². The largest absolute Gasteiger partial charge is 0.494 e. The number of hydrogen-bond acceptors (Lipinski definition) is 15. The van der Waals surface area contributed by atoms with Crippen molar-refractivity contribution in [1.29, 1.82) is 0 Å². The molecule has 3 aliphatic rings. The molecule has 17 nitrogen and oxygen atoms in total. The third kappa shape index (κ3) is 9.55. The SMILES string of the molecule is CCn1c(=O)n(C2CCC(=O)NC2=O)c2cccc(CCN3CCN(C4CCN(c5cc(OC)c(Nc6ncc(Br)c(Nc7ccc8nccnc8c7NSC)n6)cc5C(C)C)CC4)CC3)c21. The second kappa shape index (κ2) is 20.2. The minimum atomic E-state index is -0.688. The lowest BCUT2D eigenvalue weighted by molar-refractivity contribution is -0.135. The molecule has 19 heteroatoms. The summed E-state index contributed by atoms with van der Waals surface area (Å²) in [7, 11) is 1.70. The highest BCUT2D eigenvalue weighted by molar-refractivity contribution is 9.10. The molecule has 4 N–H and O–H groups in total. The first kappa shape index (κ1) is 46.4. The van der Waals surface area contributed by atoms with Crippen molar-refractivity contribution in [1.82, 2.24) is 44.2 Å². The van der Waals surface area contributed by atoms with Gasteiger partial charge in [0.15, 0.2) is 0 Å². The number of nitrogens with zero attached hydrogens (tertiary/aromatic N) is 9. The minimum absolute atomic E-state index is 0.198. The van der Waals surface area contributed by atoms with Gasteiger partial charge in [-0.3, -0.25) is 38.9 Å². The van der Waals surface area contributed by atoms with Crippen LogP contribution in [0.1, 0.15) is 69.5 Å². The van der Waals surface area contributed by atoms with Crippen molar-refractivity contribution < 1.29 is 14.3 Å². The Kier molecular flexibility index (Phi) is 14.0. The van der Waals surface area contributed by atoms with E-state index in [1.807, 2.05) is 37.4 Å². The number of benzene rings is 3. The first-order valence-corrected chi connectivity index (χ1v) is 25.2. The van der Waals surface area contributed by atoms with E-state index in [1.165, 1.54) is 23.2 Å². The Balaban J connectivity index is 0.826. The number of anilines is 6. The summed E-state index contributed by atoms with van der Waals surface area (Å²) >= 11 is 5.12. The topological polar surface area (TPSA) is 180 Å². The zero-order chi connectivity index (χ0) is 46.8. The highest BCUT2D eigenvalue weighted by atomic mass is 79.9. The molecule has 3 aromatic carbocycles. The van der Waals surface area contributed by atoms with Crippen molar-refractivity contribution in [3.63, 3.8) is 0 Å². The first-order valence-electron chi connectivity index (χ1n) is 23.1. The van der Waals surface area contributed by atoms with Crippen molar-refractivity contribution >= 4 is 96.3 Å². The molecule has 1 atom stereocenters. The summed E-state index contributed by atoms with van der Waals surface area (Å²) < 4.78 is 13.5. The van der Waals surface area contributed by atoms with Crippen molar-refractivity contribution in [2.45, 2.75) is 77.4 Å². The summed E-state index contributed by atoms with van der Waals surface area (Å²) in [6, 6.07) is 14.1. The third-order valence-corrected chi connectivity index (χ3v) is 14.4. The van der Waals surface area contributed by atoms with Crippen LogP contribution in [-0.4, -0.2) is 116 Å². The number of imide groups is 1. The number of piperazine rings is 1. The summed E-state index contributed by atoms with van der Waals surface area (Å²) in [5.74, 6) is 1.31. The lowest BCUT2D eigenvalue weighted by atomic mass is 9.96. The summed E-state index contributed by atoms with van der Waals surface area (Å²) in [4.78, 5) is 64.6.